The molecule has 0 saturated heterocycles. The molecule has 2 unspecified atom stereocenters. The van der Waals surface area contributed by atoms with Crippen molar-refractivity contribution in [2.75, 3.05) is 24.6 Å². The average Bonchev–Trinajstić information content (AvgIpc) is 3.29. The Bertz CT molecular complexity index is 1590. The van der Waals surface area contributed by atoms with E-state index in [2.05, 4.69) is 10.3 Å². The van der Waals surface area contributed by atoms with E-state index in [0.717, 1.165) is 5.56 Å². The third kappa shape index (κ3) is 6.79. The lowest BCUT2D eigenvalue weighted by Crippen LogP contribution is -2.51. The lowest BCUT2D eigenvalue weighted by Gasteiger charge is -2.31. The third-order valence-corrected chi connectivity index (χ3v) is 9.35. The molecule has 0 aliphatic carbocycles. The second-order valence-electron chi connectivity index (χ2n) is 10.3. The van der Waals surface area contributed by atoms with Crippen LogP contribution in [-0.2, 0) is 16.4 Å². The summed E-state index contributed by atoms with van der Waals surface area (Å²) < 4.78 is 29.6. The molecule has 1 amide bonds. The minimum Gasteiger partial charge on any atom is -0.398 e. The minimum absolute atomic E-state index is 0.0122. The first-order chi connectivity index (χ1) is 19.0. The monoisotopic (exact) mass is 581 g/mol. The van der Waals surface area contributed by atoms with Crippen molar-refractivity contribution in [3.05, 3.63) is 83.4 Å². The zero-order valence-electron chi connectivity index (χ0n) is 22.7. The summed E-state index contributed by atoms with van der Waals surface area (Å²) in [7, 11) is -3.99. The molecule has 212 valence electrons. The Morgan fingerprint density at radius 2 is 1.77 bits per heavy atom. The summed E-state index contributed by atoms with van der Waals surface area (Å²) >= 11 is 1.21. The van der Waals surface area contributed by atoms with Crippen LogP contribution in [-0.4, -0.2) is 54.0 Å². The molecule has 0 spiro atoms. The average molecular weight is 582 g/mol. The second kappa shape index (κ2) is 12.3. The maximum Gasteiger partial charge on any atom is 0.251 e. The summed E-state index contributed by atoms with van der Waals surface area (Å²) in [4.78, 5) is 17.6. The Morgan fingerprint density at radius 1 is 1.05 bits per heavy atom. The van der Waals surface area contributed by atoms with Gasteiger partial charge in [0.15, 0.2) is 5.13 Å². The molecule has 1 heterocycles. The molecule has 3 aromatic carbocycles. The van der Waals surface area contributed by atoms with Gasteiger partial charge in [0, 0.05) is 24.3 Å². The van der Waals surface area contributed by atoms with E-state index in [4.69, 9.17) is 11.5 Å². The number of carbonyl (C=O) groups excluding carboxylic acids is 1. The normalized spacial score (nSPS) is 13.6. The van der Waals surface area contributed by atoms with Crippen LogP contribution in [0.5, 0.6) is 0 Å². The molecular formula is C29H35N5O4S2. The molecule has 0 bridgehead atoms. The highest BCUT2D eigenvalue weighted by Gasteiger charge is 2.32. The molecule has 0 fully saturated rings. The van der Waals surface area contributed by atoms with Crippen molar-refractivity contribution in [2.24, 2.45) is 5.92 Å². The summed E-state index contributed by atoms with van der Waals surface area (Å²) in [6.45, 7) is 5.55. The number of aromatic nitrogens is 1. The molecule has 4 aromatic rings. The minimum atomic E-state index is -3.99. The lowest BCUT2D eigenvalue weighted by molar-refractivity contribution is 0.0775. The van der Waals surface area contributed by atoms with Gasteiger partial charge >= 0.3 is 0 Å². The van der Waals surface area contributed by atoms with Gasteiger partial charge in [-0.3, -0.25) is 4.79 Å². The second-order valence-corrected chi connectivity index (χ2v) is 13.3. The number of rotatable bonds is 11. The van der Waals surface area contributed by atoms with Gasteiger partial charge in [0.05, 0.1) is 27.3 Å². The first kappa shape index (κ1) is 29.5. The third-order valence-electron chi connectivity index (χ3n) is 6.67. The van der Waals surface area contributed by atoms with Crippen molar-refractivity contribution in [3.8, 4) is 0 Å². The fourth-order valence-electron chi connectivity index (χ4n) is 4.54. The van der Waals surface area contributed by atoms with E-state index < -0.39 is 28.1 Å². The molecule has 9 nitrogen and oxygen atoms in total. The van der Waals surface area contributed by atoms with Crippen LogP contribution < -0.4 is 16.8 Å². The first-order valence-electron chi connectivity index (χ1n) is 13.0. The number of nitrogens with one attached hydrogen (secondary N) is 1. The predicted molar refractivity (Wildman–Crippen MR) is 161 cm³/mol. The highest BCUT2D eigenvalue weighted by molar-refractivity contribution is 7.89. The van der Waals surface area contributed by atoms with Crippen molar-refractivity contribution in [1.29, 1.82) is 0 Å². The molecule has 2 atom stereocenters. The summed E-state index contributed by atoms with van der Waals surface area (Å²) in [6.07, 6.45) is -0.904. The first-order valence-corrected chi connectivity index (χ1v) is 15.3. The van der Waals surface area contributed by atoms with Crippen molar-refractivity contribution in [1.82, 2.24) is 14.6 Å². The Kier molecular flexibility index (Phi) is 9.09. The van der Waals surface area contributed by atoms with Gasteiger partial charge in [0.25, 0.3) is 5.91 Å². The fraction of sp³-hybridized carbons (Fsp3) is 0.310. The van der Waals surface area contributed by atoms with E-state index in [-0.39, 0.29) is 23.9 Å². The summed E-state index contributed by atoms with van der Waals surface area (Å²) in [6, 6.07) is 18.4. The van der Waals surface area contributed by atoms with E-state index in [1.54, 1.807) is 37.3 Å². The number of aliphatic hydroxyl groups is 1. The number of hydrogen-bond donors (Lipinski definition) is 4. The predicted octanol–water partition coefficient (Wildman–Crippen LogP) is 3.82. The molecule has 0 aliphatic heterocycles. The van der Waals surface area contributed by atoms with E-state index in [1.807, 2.05) is 44.2 Å². The molecule has 11 heteroatoms. The number of sulfonamides is 1. The maximum absolute atomic E-state index is 13.8. The fourth-order valence-corrected chi connectivity index (χ4v) is 7.04. The highest BCUT2D eigenvalue weighted by atomic mass is 32.2. The standard InChI is InChI=1S/C29H35N5O4S2/c1-18(2)16-34(40(37,38)21-12-13-24-27(15-21)39-29(31)33-24)17-26(35)25(14-20-8-5-4-6-9-20)32-28(36)22-10-7-11-23(30)19(22)3/h4-13,15,18,25-26,35H,14,16-17,30H2,1-3H3,(H2,31,33)(H,32,36). The van der Waals surface area contributed by atoms with Crippen LogP contribution >= 0.6 is 11.3 Å². The van der Waals surface area contributed by atoms with Gasteiger partial charge in [-0.15, -0.1) is 0 Å². The number of hydrogen-bond acceptors (Lipinski definition) is 8. The zero-order valence-corrected chi connectivity index (χ0v) is 24.4. The molecule has 0 saturated carbocycles. The molecule has 0 radical (unpaired) electrons. The highest BCUT2D eigenvalue weighted by Crippen LogP contribution is 2.28. The molecule has 1 aromatic heterocycles. The van der Waals surface area contributed by atoms with Gasteiger partial charge < -0.3 is 21.9 Å². The Morgan fingerprint density at radius 3 is 2.48 bits per heavy atom. The SMILES string of the molecule is Cc1c(N)cccc1C(=O)NC(Cc1ccccc1)C(O)CN(CC(C)C)S(=O)(=O)c1ccc2nc(N)sc2c1. The lowest BCUT2D eigenvalue weighted by atomic mass is 9.99. The van der Waals surface area contributed by atoms with E-state index in [9.17, 15) is 18.3 Å². The van der Waals surface area contributed by atoms with Crippen LogP contribution in [0.2, 0.25) is 0 Å². The van der Waals surface area contributed by atoms with E-state index in [0.29, 0.717) is 38.6 Å². The smallest absolute Gasteiger partial charge is 0.251 e. The summed E-state index contributed by atoms with van der Waals surface area (Å²) in [5, 5.41) is 14.8. The van der Waals surface area contributed by atoms with Gasteiger partial charge in [0.2, 0.25) is 10.0 Å². The number of nitrogen functional groups attached to an aromatic ring is 2. The van der Waals surface area contributed by atoms with Crippen LogP contribution in [0.15, 0.2) is 71.6 Å². The van der Waals surface area contributed by atoms with Gasteiger partial charge in [-0.2, -0.15) is 4.31 Å². The van der Waals surface area contributed by atoms with Crippen molar-refractivity contribution in [3.63, 3.8) is 0 Å². The zero-order chi connectivity index (χ0) is 29.0. The summed E-state index contributed by atoms with van der Waals surface area (Å²) in [5.74, 6) is -0.404. The van der Waals surface area contributed by atoms with Crippen LogP contribution in [0.4, 0.5) is 10.8 Å². The number of fused-ring (bicyclic) bond motifs is 1. The molecular weight excluding hydrogens is 546 g/mol. The quantitative estimate of drug-likeness (QED) is 0.197. The Balaban J connectivity index is 1.64. The van der Waals surface area contributed by atoms with Crippen LogP contribution in [0.1, 0.15) is 35.3 Å². The Labute approximate surface area is 238 Å². The van der Waals surface area contributed by atoms with Crippen molar-refractivity contribution in [2.45, 2.75) is 44.2 Å². The number of anilines is 2. The summed E-state index contributed by atoms with van der Waals surface area (Å²) in [5.41, 5.74) is 14.9. The van der Waals surface area contributed by atoms with Crippen LogP contribution in [0.25, 0.3) is 10.2 Å². The van der Waals surface area contributed by atoms with Crippen LogP contribution in [0.3, 0.4) is 0 Å². The maximum atomic E-state index is 13.8. The van der Waals surface area contributed by atoms with E-state index >= 15 is 0 Å². The Hall–Kier alpha value is -3.51. The van der Waals surface area contributed by atoms with Gasteiger partial charge in [-0.1, -0.05) is 61.6 Å². The van der Waals surface area contributed by atoms with Crippen molar-refractivity contribution < 1.29 is 18.3 Å². The van der Waals surface area contributed by atoms with Gasteiger partial charge in [-0.05, 0) is 60.7 Å². The van der Waals surface area contributed by atoms with Crippen molar-refractivity contribution >= 4 is 48.3 Å². The number of aliphatic hydroxyl groups excluding tert-OH is 1. The number of nitrogens with two attached hydrogens (primary N) is 2. The van der Waals surface area contributed by atoms with Crippen LogP contribution in [0, 0.1) is 12.8 Å². The van der Waals surface area contributed by atoms with Gasteiger partial charge in [0.1, 0.15) is 0 Å². The molecule has 0 aliphatic rings. The largest absolute Gasteiger partial charge is 0.398 e. The number of carbonyl (C=O) groups is 1. The number of amides is 1. The van der Waals surface area contributed by atoms with E-state index in [1.165, 1.54) is 21.7 Å². The number of thiazole rings is 1. The molecule has 40 heavy (non-hydrogen) atoms. The van der Waals surface area contributed by atoms with Gasteiger partial charge in [-0.25, -0.2) is 13.4 Å². The molecule has 6 N–H and O–H groups in total. The number of nitrogens with zero attached hydrogens (tertiary/aromatic N) is 2. The number of benzene rings is 3. The topological polar surface area (TPSA) is 152 Å². The molecule has 4 rings (SSSR count).